The zero-order valence-electron chi connectivity index (χ0n) is 10.2. The van der Waals surface area contributed by atoms with Crippen molar-refractivity contribution in [3.63, 3.8) is 0 Å². The van der Waals surface area contributed by atoms with Gasteiger partial charge in [0.15, 0.2) is 0 Å². The number of rotatable bonds is 2. The standard InChI is InChI=1S/C13H7Br2F3N2O/c14-7-1-3-9(10(5-7)13(16,17)18)12(21)20-11-4-2-8(15)6-19-11/h1-6H,(H,19,20,21). The van der Waals surface area contributed by atoms with Gasteiger partial charge in [0.25, 0.3) is 5.91 Å². The summed E-state index contributed by atoms with van der Waals surface area (Å²) in [6.07, 6.45) is -3.19. The van der Waals surface area contributed by atoms with Gasteiger partial charge in [-0.25, -0.2) is 4.98 Å². The number of nitrogens with one attached hydrogen (secondary N) is 1. The molecule has 0 aliphatic rings. The van der Waals surface area contributed by atoms with Crippen molar-refractivity contribution in [3.05, 3.63) is 56.6 Å². The molecule has 2 aromatic rings. The molecule has 1 amide bonds. The van der Waals surface area contributed by atoms with Crippen molar-refractivity contribution >= 4 is 43.6 Å². The summed E-state index contributed by atoms with van der Waals surface area (Å²) in [5.74, 6) is -0.705. The van der Waals surface area contributed by atoms with E-state index in [9.17, 15) is 18.0 Å². The van der Waals surface area contributed by atoms with E-state index in [1.807, 2.05) is 0 Å². The molecular weight excluding hydrogens is 417 g/mol. The van der Waals surface area contributed by atoms with E-state index in [0.717, 1.165) is 12.1 Å². The third-order valence-electron chi connectivity index (χ3n) is 2.50. The van der Waals surface area contributed by atoms with Gasteiger partial charge in [-0.2, -0.15) is 13.2 Å². The van der Waals surface area contributed by atoms with Crippen LogP contribution in [-0.2, 0) is 6.18 Å². The predicted octanol–water partition coefficient (Wildman–Crippen LogP) is 4.88. The molecule has 0 saturated heterocycles. The van der Waals surface area contributed by atoms with Gasteiger partial charge in [0.05, 0.1) is 11.1 Å². The van der Waals surface area contributed by atoms with Gasteiger partial charge in [-0.05, 0) is 46.3 Å². The SMILES string of the molecule is O=C(Nc1ccc(Br)cn1)c1ccc(Br)cc1C(F)(F)F. The van der Waals surface area contributed by atoms with Crippen LogP contribution in [0.15, 0.2) is 45.5 Å². The molecule has 1 aromatic carbocycles. The molecule has 1 heterocycles. The van der Waals surface area contributed by atoms with Crippen LogP contribution < -0.4 is 5.32 Å². The third-order valence-corrected chi connectivity index (χ3v) is 3.46. The van der Waals surface area contributed by atoms with Crippen LogP contribution in [0.5, 0.6) is 0 Å². The van der Waals surface area contributed by atoms with Crippen LogP contribution >= 0.6 is 31.9 Å². The Morgan fingerprint density at radius 1 is 1.10 bits per heavy atom. The topological polar surface area (TPSA) is 42.0 Å². The van der Waals surface area contributed by atoms with E-state index < -0.39 is 23.2 Å². The lowest BCUT2D eigenvalue weighted by Crippen LogP contribution is -2.19. The number of carbonyl (C=O) groups is 1. The molecule has 3 nitrogen and oxygen atoms in total. The summed E-state index contributed by atoms with van der Waals surface area (Å²) in [4.78, 5) is 15.9. The Hall–Kier alpha value is -1.41. The van der Waals surface area contributed by atoms with Crippen LogP contribution in [0.2, 0.25) is 0 Å². The minimum Gasteiger partial charge on any atom is -0.307 e. The fourth-order valence-electron chi connectivity index (χ4n) is 1.58. The van der Waals surface area contributed by atoms with Gasteiger partial charge >= 0.3 is 6.18 Å². The lowest BCUT2D eigenvalue weighted by Gasteiger charge is -2.13. The molecule has 1 N–H and O–H groups in total. The summed E-state index contributed by atoms with van der Waals surface area (Å²) in [7, 11) is 0. The van der Waals surface area contributed by atoms with Crippen molar-refractivity contribution in [1.82, 2.24) is 4.98 Å². The molecule has 0 atom stereocenters. The number of amides is 1. The van der Waals surface area contributed by atoms with Crippen molar-refractivity contribution in [2.75, 3.05) is 5.32 Å². The maximum atomic E-state index is 13.0. The number of hydrogen-bond donors (Lipinski definition) is 1. The molecular formula is C13H7Br2F3N2O. The molecule has 0 aliphatic heterocycles. The lowest BCUT2D eigenvalue weighted by atomic mass is 10.1. The predicted molar refractivity (Wildman–Crippen MR) is 79.0 cm³/mol. The minimum atomic E-state index is -4.62. The second kappa shape index (κ2) is 6.15. The second-order valence-corrected chi connectivity index (χ2v) is 5.83. The monoisotopic (exact) mass is 422 g/mol. The largest absolute Gasteiger partial charge is 0.417 e. The average molecular weight is 424 g/mol. The van der Waals surface area contributed by atoms with Crippen molar-refractivity contribution in [1.29, 1.82) is 0 Å². The number of anilines is 1. The zero-order chi connectivity index (χ0) is 15.6. The van der Waals surface area contributed by atoms with Crippen molar-refractivity contribution in [2.24, 2.45) is 0 Å². The van der Waals surface area contributed by atoms with Crippen LogP contribution in [0, 0.1) is 0 Å². The smallest absolute Gasteiger partial charge is 0.307 e. The average Bonchev–Trinajstić information content (AvgIpc) is 2.40. The molecule has 0 saturated carbocycles. The molecule has 8 heteroatoms. The molecule has 21 heavy (non-hydrogen) atoms. The van der Waals surface area contributed by atoms with E-state index in [-0.39, 0.29) is 10.3 Å². The molecule has 0 bridgehead atoms. The van der Waals surface area contributed by atoms with Crippen molar-refractivity contribution in [3.8, 4) is 0 Å². The molecule has 0 fully saturated rings. The molecule has 2 rings (SSSR count). The maximum absolute atomic E-state index is 13.0. The first-order chi connectivity index (χ1) is 9.77. The number of pyridine rings is 1. The van der Waals surface area contributed by atoms with Crippen molar-refractivity contribution in [2.45, 2.75) is 6.18 Å². The van der Waals surface area contributed by atoms with E-state index >= 15 is 0 Å². The fourth-order valence-corrected chi connectivity index (χ4v) is 2.18. The summed E-state index contributed by atoms with van der Waals surface area (Å²) < 4.78 is 39.8. The van der Waals surface area contributed by atoms with Gasteiger partial charge in [0.2, 0.25) is 0 Å². The van der Waals surface area contributed by atoms with Gasteiger partial charge in [0.1, 0.15) is 5.82 Å². The van der Waals surface area contributed by atoms with Crippen LogP contribution in [0.4, 0.5) is 19.0 Å². The van der Waals surface area contributed by atoms with E-state index in [2.05, 4.69) is 42.2 Å². The molecule has 0 unspecified atom stereocenters. The summed E-state index contributed by atoms with van der Waals surface area (Å²) in [6.45, 7) is 0. The highest BCUT2D eigenvalue weighted by Gasteiger charge is 2.35. The van der Waals surface area contributed by atoms with Gasteiger partial charge in [-0.15, -0.1) is 0 Å². The number of hydrogen-bond acceptors (Lipinski definition) is 2. The highest BCUT2D eigenvalue weighted by molar-refractivity contribution is 9.10. The van der Waals surface area contributed by atoms with Crippen LogP contribution in [0.25, 0.3) is 0 Å². The summed E-state index contributed by atoms with van der Waals surface area (Å²) in [6, 6.07) is 6.45. The number of benzene rings is 1. The lowest BCUT2D eigenvalue weighted by molar-refractivity contribution is -0.137. The Bertz CT molecular complexity index is 672. The first kappa shape index (κ1) is 16.0. The first-order valence-electron chi connectivity index (χ1n) is 5.57. The van der Waals surface area contributed by atoms with E-state index in [0.29, 0.717) is 4.47 Å². The normalized spacial score (nSPS) is 11.3. The number of halogens is 5. The van der Waals surface area contributed by atoms with Crippen LogP contribution in [0.3, 0.4) is 0 Å². The zero-order valence-corrected chi connectivity index (χ0v) is 13.4. The highest BCUT2D eigenvalue weighted by atomic mass is 79.9. The van der Waals surface area contributed by atoms with E-state index in [1.54, 1.807) is 6.07 Å². The van der Waals surface area contributed by atoms with Gasteiger partial charge in [0, 0.05) is 15.1 Å². The summed E-state index contributed by atoms with van der Waals surface area (Å²) in [5.41, 5.74) is -1.47. The van der Waals surface area contributed by atoms with Crippen LogP contribution in [0.1, 0.15) is 15.9 Å². The Morgan fingerprint density at radius 2 is 1.76 bits per heavy atom. The first-order valence-corrected chi connectivity index (χ1v) is 7.15. The number of alkyl halides is 3. The number of carbonyl (C=O) groups excluding carboxylic acids is 1. The molecule has 1 aromatic heterocycles. The van der Waals surface area contributed by atoms with Crippen molar-refractivity contribution < 1.29 is 18.0 Å². The second-order valence-electron chi connectivity index (χ2n) is 4.00. The Balaban J connectivity index is 2.33. The van der Waals surface area contributed by atoms with Gasteiger partial charge < -0.3 is 5.32 Å². The van der Waals surface area contributed by atoms with Gasteiger partial charge in [-0.3, -0.25) is 4.79 Å². The molecule has 0 radical (unpaired) electrons. The van der Waals surface area contributed by atoms with E-state index in [4.69, 9.17) is 0 Å². The van der Waals surface area contributed by atoms with Crippen LogP contribution in [-0.4, -0.2) is 10.9 Å². The third kappa shape index (κ3) is 4.04. The minimum absolute atomic E-state index is 0.166. The Kier molecular flexibility index (Phi) is 4.67. The van der Waals surface area contributed by atoms with Gasteiger partial charge in [-0.1, -0.05) is 15.9 Å². The summed E-state index contributed by atoms with van der Waals surface area (Å²) in [5, 5.41) is 2.33. The molecule has 0 aliphatic carbocycles. The number of nitrogens with zero attached hydrogens (tertiary/aromatic N) is 1. The number of aromatic nitrogens is 1. The van der Waals surface area contributed by atoms with E-state index in [1.165, 1.54) is 18.3 Å². The molecule has 110 valence electrons. The Labute approximate surface area is 134 Å². The molecule has 0 spiro atoms. The summed E-state index contributed by atoms with van der Waals surface area (Å²) >= 11 is 6.14. The maximum Gasteiger partial charge on any atom is 0.417 e. The Morgan fingerprint density at radius 3 is 2.33 bits per heavy atom. The fraction of sp³-hybridized carbons (Fsp3) is 0.0769. The highest BCUT2D eigenvalue weighted by Crippen LogP contribution is 2.34. The quantitative estimate of drug-likeness (QED) is 0.748.